The summed E-state index contributed by atoms with van der Waals surface area (Å²) in [6.07, 6.45) is -1.52. The standard InChI is InChI=1S/C11H9F3O2/c12-11(13,14)10-5-8(2-1-3-15)4-9(6-10)7-16/h1-2,4-7,15H,3H2. The van der Waals surface area contributed by atoms with Crippen LogP contribution < -0.4 is 0 Å². The van der Waals surface area contributed by atoms with Crippen LogP contribution in [0.25, 0.3) is 6.08 Å². The number of rotatable bonds is 3. The Bertz CT molecular complexity index is 408. The van der Waals surface area contributed by atoms with Gasteiger partial charge in [0.25, 0.3) is 0 Å². The number of hydrogen-bond donors (Lipinski definition) is 1. The van der Waals surface area contributed by atoms with Crippen molar-refractivity contribution in [2.75, 3.05) is 6.61 Å². The minimum Gasteiger partial charge on any atom is -0.392 e. The third-order valence-electron chi connectivity index (χ3n) is 1.86. The lowest BCUT2D eigenvalue weighted by atomic mass is 10.1. The average molecular weight is 230 g/mol. The predicted octanol–water partition coefficient (Wildman–Crippen LogP) is 2.52. The topological polar surface area (TPSA) is 37.3 Å². The smallest absolute Gasteiger partial charge is 0.392 e. The minimum atomic E-state index is -4.49. The summed E-state index contributed by atoms with van der Waals surface area (Å²) in [6.45, 7) is -0.271. The number of halogens is 3. The molecule has 0 bridgehead atoms. The zero-order valence-electron chi connectivity index (χ0n) is 8.16. The van der Waals surface area contributed by atoms with Crippen LogP contribution in [-0.4, -0.2) is 18.0 Å². The maximum absolute atomic E-state index is 12.4. The number of hydrogen-bond acceptors (Lipinski definition) is 2. The number of aliphatic hydroxyl groups excluding tert-OH is 1. The lowest BCUT2D eigenvalue weighted by molar-refractivity contribution is -0.137. The number of carbonyl (C=O) groups is 1. The van der Waals surface area contributed by atoms with Gasteiger partial charge in [0, 0.05) is 5.56 Å². The first-order valence-electron chi connectivity index (χ1n) is 4.42. The Kier molecular flexibility index (Phi) is 3.84. The van der Waals surface area contributed by atoms with E-state index in [0.717, 1.165) is 12.1 Å². The fourth-order valence-corrected chi connectivity index (χ4v) is 1.19. The Morgan fingerprint density at radius 3 is 2.31 bits per heavy atom. The lowest BCUT2D eigenvalue weighted by Crippen LogP contribution is -2.06. The second kappa shape index (κ2) is 4.94. The molecule has 2 nitrogen and oxygen atoms in total. The predicted molar refractivity (Wildman–Crippen MR) is 53.0 cm³/mol. The van der Waals surface area contributed by atoms with E-state index in [4.69, 9.17) is 5.11 Å². The number of benzene rings is 1. The number of carbonyl (C=O) groups excluding carboxylic acids is 1. The van der Waals surface area contributed by atoms with Gasteiger partial charge in [0.05, 0.1) is 12.2 Å². The summed E-state index contributed by atoms with van der Waals surface area (Å²) in [6, 6.07) is 3.01. The van der Waals surface area contributed by atoms with E-state index in [2.05, 4.69) is 0 Å². The van der Waals surface area contributed by atoms with Crippen molar-refractivity contribution in [1.29, 1.82) is 0 Å². The molecule has 86 valence electrons. The fraction of sp³-hybridized carbons (Fsp3) is 0.182. The second-order valence-electron chi connectivity index (χ2n) is 3.09. The van der Waals surface area contributed by atoms with Crippen LogP contribution in [0.4, 0.5) is 13.2 Å². The summed E-state index contributed by atoms with van der Waals surface area (Å²) in [4.78, 5) is 10.5. The molecule has 1 rings (SSSR count). The van der Waals surface area contributed by atoms with E-state index in [1.165, 1.54) is 18.2 Å². The second-order valence-corrected chi connectivity index (χ2v) is 3.09. The van der Waals surface area contributed by atoms with Crippen molar-refractivity contribution in [2.45, 2.75) is 6.18 Å². The largest absolute Gasteiger partial charge is 0.416 e. The van der Waals surface area contributed by atoms with Crippen LogP contribution in [0.15, 0.2) is 24.3 Å². The zero-order chi connectivity index (χ0) is 12.2. The summed E-state index contributed by atoms with van der Waals surface area (Å²) >= 11 is 0. The molecule has 0 unspecified atom stereocenters. The van der Waals surface area contributed by atoms with Crippen molar-refractivity contribution >= 4 is 12.4 Å². The summed E-state index contributed by atoms with van der Waals surface area (Å²) in [5.74, 6) is 0. The molecule has 1 aromatic carbocycles. The molecule has 0 aliphatic heterocycles. The van der Waals surface area contributed by atoms with Gasteiger partial charge in [-0.15, -0.1) is 0 Å². The first-order chi connectivity index (χ1) is 7.47. The van der Waals surface area contributed by atoms with Gasteiger partial charge in [-0.1, -0.05) is 12.2 Å². The van der Waals surface area contributed by atoms with Crippen molar-refractivity contribution in [1.82, 2.24) is 0 Å². The summed E-state index contributed by atoms with van der Waals surface area (Å²) in [7, 11) is 0. The SMILES string of the molecule is O=Cc1cc(C=CCO)cc(C(F)(F)F)c1. The van der Waals surface area contributed by atoms with Crippen LogP contribution in [0.3, 0.4) is 0 Å². The van der Waals surface area contributed by atoms with Crippen LogP contribution >= 0.6 is 0 Å². The van der Waals surface area contributed by atoms with Gasteiger partial charge in [-0.3, -0.25) is 4.79 Å². The highest BCUT2D eigenvalue weighted by molar-refractivity contribution is 5.77. The van der Waals surface area contributed by atoms with Crippen LogP contribution in [0.5, 0.6) is 0 Å². The van der Waals surface area contributed by atoms with Crippen LogP contribution in [-0.2, 0) is 6.18 Å². The van der Waals surface area contributed by atoms with Crippen molar-refractivity contribution in [3.8, 4) is 0 Å². The highest BCUT2D eigenvalue weighted by atomic mass is 19.4. The van der Waals surface area contributed by atoms with Gasteiger partial charge in [0.15, 0.2) is 0 Å². The van der Waals surface area contributed by atoms with Gasteiger partial charge in [-0.2, -0.15) is 13.2 Å². The van der Waals surface area contributed by atoms with Gasteiger partial charge >= 0.3 is 6.18 Å². The summed E-state index contributed by atoms with van der Waals surface area (Å²) < 4.78 is 37.3. The first-order valence-corrected chi connectivity index (χ1v) is 4.42. The van der Waals surface area contributed by atoms with Crippen LogP contribution in [0.2, 0.25) is 0 Å². The molecule has 1 aromatic rings. The average Bonchev–Trinajstić information content (AvgIpc) is 2.24. The number of alkyl halides is 3. The molecule has 0 atom stereocenters. The monoisotopic (exact) mass is 230 g/mol. The molecular formula is C11H9F3O2. The third kappa shape index (κ3) is 3.20. The third-order valence-corrected chi connectivity index (χ3v) is 1.86. The quantitative estimate of drug-likeness (QED) is 0.810. The Hall–Kier alpha value is -1.62. The molecule has 16 heavy (non-hydrogen) atoms. The number of aliphatic hydroxyl groups is 1. The molecule has 5 heteroatoms. The van der Waals surface area contributed by atoms with E-state index in [-0.39, 0.29) is 17.7 Å². The molecule has 0 amide bonds. The summed E-state index contributed by atoms with van der Waals surface area (Å²) in [5.41, 5.74) is -0.701. The van der Waals surface area contributed by atoms with Crippen molar-refractivity contribution in [3.05, 3.63) is 41.0 Å². The Balaban J connectivity index is 3.21. The van der Waals surface area contributed by atoms with E-state index in [1.807, 2.05) is 0 Å². The zero-order valence-corrected chi connectivity index (χ0v) is 8.16. The van der Waals surface area contributed by atoms with Crippen molar-refractivity contribution in [2.24, 2.45) is 0 Å². The molecule has 0 aromatic heterocycles. The van der Waals surface area contributed by atoms with Crippen molar-refractivity contribution < 1.29 is 23.1 Å². The fourth-order valence-electron chi connectivity index (χ4n) is 1.19. The maximum Gasteiger partial charge on any atom is 0.416 e. The Morgan fingerprint density at radius 1 is 1.19 bits per heavy atom. The van der Waals surface area contributed by atoms with Gasteiger partial charge in [-0.05, 0) is 23.8 Å². The lowest BCUT2D eigenvalue weighted by Gasteiger charge is -2.08. The van der Waals surface area contributed by atoms with E-state index in [0.29, 0.717) is 6.29 Å². The van der Waals surface area contributed by atoms with E-state index in [9.17, 15) is 18.0 Å². The molecule has 0 aliphatic carbocycles. The molecule has 0 radical (unpaired) electrons. The molecule has 0 fully saturated rings. The van der Waals surface area contributed by atoms with Gasteiger partial charge in [0.1, 0.15) is 6.29 Å². The van der Waals surface area contributed by atoms with Crippen LogP contribution in [0.1, 0.15) is 21.5 Å². The van der Waals surface area contributed by atoms with Crippen LogP contribution in [0, 0.1) is 0 Å². The molecule has 0 saturated heterocycles. The molecular weight excluding hydrogens is 221 g/mol. The van der Waals surface area contributed by atoms with Gasteiger partial charge in [0.2, 0.25) is 0 Å². The van der Waals surface area contributed by atoms with E-state index >= 15 is 0 Å². The molecule has 0 aliphatic rings. The number of aldehydes is 1. The molecule has 0 heterocycles. The Labute approximate surface area is 90.0 Å². The Morgan fingerprint density at radius 2 is 1.81 bits per heavy atom. The van der Waals surface area contributed by atoms with E-state index in [1.54, 1.807) is 0 Å². The summed E-state index contributed by atoms with van der Waals surface area (Å²) in [5, 5.41) is 8.50. The maximum atomic E-state index is 12.4. The van der Waals surface area contributed by atoms with Gasteiger partial charge < -0.3 is 5.11 Å². The molecule has 1 N–H and O–H groups in total. The molecule has 0 spiro atoms. The first kappa shape index (κ1) is 12.4. The van der Waals surface area contributed by atoms with Crippen molar-refractivity contribution in [3.63, 3.8) is 0 Å². The minimum absolute atomic E-state index is 0.0487. The van der Waals surface area contributed by atoms with E-state index < -0.39 is 11.7 Å². The van der Waals surface area contributed by atoms with Gasteiger partial charge in [-0.25, -0.2) is 0 Å². The highest BCUT2D eigenvalue weighted by Gasteiger charge is 2.30. The normalized spacial score (nSPS) is 12.0. The highest BCUT2D eigenvalue weighted by Crippen LogP contribution is 2.30. The molecule has 0 saturated carbocycles.